The number of carboxylic acids is 2. The van der Waals surface area contributed by atoms with Crippen LogP contribution in [0.25, 0.3) is 0 Å². The summed E-state index contributed by atoms with van der Waals surface area (Å²) in [6.07, 6.45) is -5.20. The molecule has 2 aromatic rings. The van der Waals surface area contributed by atoms with Gasteiger partial charge in [-0.3, -0.25) is 4.90 Å². The maximum atomic E-state index is 10.6. The summed E-state index contributed by atoms with van der Waals surface area (Å²) in [6, 6.07) is 7.73. The second-order valence-electron chi connectivity index (χ2n) is 8.45. The summed E-state index contributed by atoms with van der Waals surface area (Å²) in [6.45, 7) is 5.36. The lowest BCUT2D eigenvalue weighted by Crippen LogP contribution is -2.47. The summed E-state index contributed by atoms with van der Waals surface area (Å²) in [4.78, 5) is 24.4. The van der Waals surface area contributed by atoms with Crippen molar-refractivity contribution in [2.75, 3.05) is 19.7 Å². The summed E-state index contributed by atoms with van der Waals surface area (Å²) in [5.74, 6) is -3.98. The van der Waals surface area contributed by atoms with Crippen LogP contribution >= 0.6 is 0 Å². The van der Waals surface area contributed by atoms with Crippen LogP contribution in [0.1, 0.15) is 30.7 Å². The number of pyridine rings is 1. The third-order valence-corrected chi connectivity index (χ3v) is 5.27. The van der Waals surface area contributed by atoms with Crippen LogP contribution < -0.4 is 4.74 Å². The minimum absolute atomic E-state index is 0.0779. The van der Waals surface area contributed by atoms with Gasteiger partial charge in [-0.1, -0.05) is 11.2 Å². The van der Waals surface area contributed by atoms with E-state index in [1.54, 1.807) is 6.20 Å². The van der Waals surface area contributed by atoms with Crippen LogP contribution in [0.2, 0.25) is 0 Å². The van der Waals surface area contributed by atoms with Gasteiger partial charge in [0, 0.05) is 37.8 Å². The molecule has 4 heterocycles. The molecule has 4 rings (SSSR count). The number of halogens is 6. The Bertz CT molecular complexity index is 1020. The number of alkyl halides is 6. The molecule has 212 valence electrons. The Morgan fingerprint density at radius 1 is 1.16 bits per heavy atom. The van der Waals surface area contributed by atoms with Crippen LogP contribution in [0.5, 0.6) is 5.88 Å². The molecule has 16 heteroatoms. The van der Waals surface area contributed by atoms with E-state index in [1.165, 1.54) is 0 Å². The van der Waals surface area contributed by atoms with Crippen molar-refractivity contribution in [1.29, 1.82) is 0 Å². The predicted octanol–water partition coefficient (Wildman–Crippen LogP) is 3.85. The molecular weight excluding hydrogens is 532 g/mol. The Morgan fingerprint density at radius 3 is 2.29 bits per heavy atom. The normalized spacial score (nSPS) is 21.6. The van der Waals surface area contributed by atoms with Crippen molar-refractivity contribution in [2.24, 2.45) is 0 Å². The lowest BCUT2D eigenvalue weighted by molar-refractivity contribution is -0.193. The van der Waals surface area contributed by atoms with Gasteiger partial charge in [0.1, 0.15) is 11.9 Å². The summed E-state index contributed by atoms with van der Waals surface area (Å²) >= 11 is 0. The number of piperidine rings is 1. The molecule has 0 amide bonds. The fourth-order valence-electron chi connectivity index (χ4n) is 3.80. The van der Waals surface area contributed by atoms with Crippen molar-refractivity contribution in [3.63, 3.8) is 0 Å². The Labute approximate surface area is 212 Å². The van der Waals surface area contributed by atoms with Crippen LogP contribution in [0.15, 0.2) is 35.0 Å². The molecule has 0 aromatic carbocycles. The van der Waals surface area contributed by atoms with E-state index in [4.69, 9.17) is 33.8 Å². The van der Waals surface area contributed by atoms with Crippen molar-refractivity contribution < 1.29 is 60.1 Å². The maximum Gasteiger partial charge on any atom is 0.490 e. The third kappa shape index (κ3) is 10.2. The Kier molecular flexibility index (Phi) is 10.5. The highest BCUT2D eigenvalue weighted by atomic mass is 19.4. The van der Waals surface area contributed by atoms with Crippen LogP contribution in [-0.4, -0.2) is 80.9 Å². The molecule has 0 radical (unpaired) electrons. The van der Waals surface area contributed by atoms with Gasteiger partial charge in [-0.2, -0.15) is 26.3 Å². The zero-order valence-corrected chi connectivity index (χ0v) is 20.0. The molecule has 2 saturated heterocycles. The van der Waals surface area contributed by atoms with E-state index in [-0.39, 0.29) is 11.7 Å². The second-order valence-corrected chi connectivity index (χ2v) is 8.45. The number of likely N-dealkylation sites (tertiary alicyclic amines) is 1. The monoisotopic (exact) mass is 557 g/mol. The quantitative estimate of drug-likeness (QED) is 0.534. The maximum absolute atomic E-state index is 10.6. The first-order valence-electron chi connectivity index (χ1n) is 11.1. The molecule has 2 aliphatic rings. The van der Waals surface area contributed by atoms with Crippen molar-refractivity contribution in [2.45, 2.75) is 56.8 Å². The largest absolute Gasteiger partial charge is 0.490 e. The topological polar surface area (TPSA) is 135 Å². The van der Waals surface area contributed by atoms with Gasteiger partial charge in [0.15, 0.2) is 0 Å². The van der Waals surface area contributed by atoms with Gasteiger partial charge < -0.3 is 24.2 Å². The first-order chi connectivity index (χ1) is 17.6. The number of nitrogens with zero attached hydrogens (tertiary/aromatic N) is 3. The van der Waals surface area contributed by atoms with Gasteiger partial charge in [0.05, 0.1) is 17.9 Å². The molecule has 38 heavy (non-hydrogen) atoms. The van der Waals surface area contributed by atoms with E-state index < -0.39 is 24.3 Å². The van der Waals surface area contributed by atoms with Gasteiger partial charge in [0.2, 0.25) is 5.88 Å². The summed E-state index contributed by atoms with van der Waals surface area (Å²) in [5.41, 5.74) is 0.889. The highest BCUT2D eigenvalue weighted by Gasteiger charge is 2.44. The first-order valence-corrected chi connectivity index (χ1v) is 11.1. The van der Waals surface area contributed by atoms with Crippen molar-refractivity contribution in [3.8, 4) is 5.88 Å². The van der Waals surface area contributed by atoms with Crippen LogP contribution in [0, 0.1) is 6.92 Å². The summed E-state index contributed by atoms with van der Waals surface area (Å²) in [5, 5.41) is 18.4. The number of ether oxygens (including phenoxy) is 2. The average Bonchev–Trinajstić information content (AvgIpc) is 3.39. The molecule has 2 fully saturated rings. The van der Waals surface area contributed by atoms with Crippen molar-refractivity contribution in [1.82, 2.24) is 15.0 Å². The number of carboxylic acid groups (broad SMARTS) is 2. The first kappa shape index (κ1) is 30.8. The molecule has 2 aliphatic heterocycles. The lowest BCUT2D eigenvalue weighted by atomic mass is 9.89. The Morgan fingerprint density at radius 2 is 1.79 bits per heavy atom. The number of aryl methyl sites for hydroxylation is 1. The van der Waals surface area contributed by atoms with E-state index in [2.05, 4.69) is 15.0 Å². The number of rotatable bonds is 4. The SMILES string of the molecule is Cc1cc(CN2CCC[C@]3(C[C@H](Oc4ccccn4)CO3)C2)no1.O=C(O)C(F)(F)F.O=C(O)C(F)(F)F. The van der Waals surface area contributed by atoms with E-state index in [0.717, 1.165) is 50.4 Å². The zero-order valence-electron chi connectivity index (χ0n) is 20.0. The molecule has 2 atom stereocenters. The molecule has 0 aliphatic carbocycles. The fourth-order valence-corrected chi connectivity index (χ4v) is 3.80. The molecular formula is C22H25F6N3O7. The molecule has 0 unspecified atom stereocenters. The second kappa shape index (κ2) is 12.9. The number of aliphatic carboxylic acids is 2. The molecule has 2 aromatic heterocycles. The standard InChI is InChI=1S/C18H23N3O3.2C2HF3O2/c1-14-9-15(20-24-14)11-21-8-4-6-18(13-21)10-16(12-22-18)23-17-5-2-3-7-19-17;2*3-2(4,5)1(6)7/h2-3,5,7,9,16H,4,6,8,10-13H2,1H3;2*(H,6,7)/t16-,18-;;/m0../s1. The summed E-state index contributed by atoms with van der Waals surface area (Å²) in [7, 11) is 0. The molecule has 0 saturated carbocycles. The lowest BCUT2D eigenvalue weighted by Gasteiger charge is -2.39. The van der Waals surface area contributed by atoms with E-state index >= 15 is 0 Å². The number of carbonyl (C=O) groups is 2. The minimum Gasteiger partial charge on any atom is -0.475 e. The highest BCUT2D eigenvalue weighted by Crippen LogP contribution is 2.36. The molecule has 0 bridgehead atoms. The molecule has 2 N–H and O–H groups in total. The Balaban J connectivity index is 0.000000301. The predicted molar refractivity (Wildman–Crippen MR) is 115 cm³/mol. The van der Waals surface area contributed by atoms with Crippen LogP contribution in [0.3, 0.4) is 0 Å². The summed E-state index contributed by atoms with van der Waals surface area (Å²) < 4.78 is 80.8. The Hall–Kier alpha value is -3.40. The van der Waals surface area contributed by atoms with E-state index in [9.17, 15) is 26.3 Å². The van der Waals surface area contributed by atoms with Gasteiger partial charge in [-0.05, 0) is 32.4 Å². The van der Waals surface area contributed by atoms with Crippen LogP contribution in [0.4, 0.5) is 26.3 Å². The van der Waals surface area contributed by atoms with Gasteiger partial charge in [0.25, 0.3) is 0 Å². The average molecular weight is 557 g/mol. The van der Waals surface area contributed by atoms with Gasteiger partial charge in [-0.25, -0.2) is 14.6 Å². The van der Waals surface area contributed by atoms with Gasteiger partial charge in [-0.15, -0.1) is 0 Å². The van der Waals surface area contributed by atoms with Crippen molar-refractivity contribution >= 4 is 11.9 Å². The number of hydrogen-bond donors (Lipinski definition) is 2. The smallest absolute Gasteiger partial charge is 0.475 e. The molecule has 10 nitrogen and oxygen atoms in total. The van der Waals surface area contributed by atoms with Crippen molar-refractivity contribution in [3.05, 3.63) is 41.9 Å². The van der Waals surface area contributed by atoms with Crippen LogP contribution in [-0.2, 0) is 20.9 Å². The number of hydrogen-bond acceptors (Lipinski definition) is 8. The third-order valence-electron chi connectivity index (χ3n) is 5.27. The minimum atomic E-state index is -5.08. The van der Waals surface area contributed by atoms with Gasteiger partial charge >= 0.3 is 24.3 Å². The number of aromatic nitrogens is 2. The van der Waals surface area contributed by atoms with E-state index in [1.807, 2.05) is 31.2 Å². The molecule has 1 spiro atoms. The highest BCUT2D eigenvalue weighted by molar-refractivity contribution is 5.73. The fraction of sp³-hybridized carbons (Fsp3) is 0.545. The zero-order chi connectivity index (χ0) is 28.6. The van der Waals surface area contributed by atoms with E-state index in [0.29, 0.717) is 12.5 Å².